The van der Waals surface area contributed by atoms with Gasteiger partial charge in [-0.2, -0.15) is 0 Å². The van der Waals surface area contributed by atoms with E-state index in [0.717, 1.165) is 18.7 Å². The van der Waals surface area contributed by atoms with Gasteiger partial charge in [-0.25, -0.2) is 4.68 Å². The van der Waals surface area contributed by atoms with Crippen LogP contribution in [0.15, 0.2) is 59.0 Å². The largest absolute Gasteiger partial charge is 0.408 e. The lowest BCUT2D eigenvalue weighted by Gasteiger charge is -2.25. The minimum atomic E-state index is -0.257. The normalized spacial score (nSPS) is 15.1. The quantitative estimate of drug-likeness (QED) is 0.516. The molecule has 1 aliphatic heterocycles. The van der Waals surface area contributed by atoms with Crippen molar-refractivity contribution in [1.29, 1.82) is 0 Å². The van der Waals surface area contributed by atoms with Gasteiger partial charge in [-0.1, -0.05) is 48.4 Å². The Morgan fingerprint density at radius 2 is 1.81 bits per heavy atom. The molecule has 1 fully saturated rings. The Hall–Kier alpha value is -2.74. The van der Waals surface area contributed by atoms with Crippen LogP contribution in [0.4, 0.5) is 0 Å². The molecule has 0 radical (unpaired) electrons. The van der Waals surface area contributed by atoms with Gasteiger partial charge in [0, 0.05) is 10.6 Å². The van der Waals surface area contributed by atoms with E-state index in [0.29, 0.717) is 23.0 Å². The van der Waals surface area contributed by atoms with Gasteiger partial charge in [-0.15, -0.1) is 5.10 Å². The van der Waals surface area contributed by atoms with Gasteiger partial charge in [0.25, 0.3) is 16.6 Å². The van der Waals surface area contributed by atoms with Crippen LogP contribution < -0.4 is 5.32 Å². The van der Waals surface area contributed by atoms with Crippen LogP contribution in [0.25, 0.3) is 11.8 Å². The van der Waals surface area contributed by atoms with Crippen LogP contribution in [0.3, 0.4) is 0 Å². The summed E-state index contributed by atoms with van der Waals surface area (Å²) in [5.41, 5.74) is 1.81. The number of amides is 1. The van der Waals surface area contributed by atoms with Crippen molar-refractivity contribution >= 4 is 41.5 Å². The summed E-state index contributed by atoms with van der Waals surface area (Å²) in [5, 5.41) is 8.11. The van der Waals surface area contributed by atoms with Crippen molar-refractivity contribution in [3.63, 3.8) is 0 Å². The molecule has 0 spiro atoms. The van der Waals surface area contributed by atoms with E-state index in [1.165, 1.54) is 19.3 Å². The number of nitrogens with zero attached hydrogens (tertiary/aromatic N) is 3. The molecule has 160 valence electrons. The maximum absolute atomic E-state index is 12.8. The fourth-order valence-electron chi connectivity index (χ4n) is 3.46. The Balaban J connectivity index is 1.63. The highest BCUT2D eigenvalue weighted by Gasteiger charge is 2.18. The Morgan fingerprint density at radius 1 is 1.10 bits per heavy atom. The number of piperidine rings is 1. The van der Waals surface area contributed by atoms with Gasteiger partial charge < -0.3 is 9.73 Å². The molecule has 0 unspecified atom stereocenters. The molecule has 8 heteroatoms. The molecule has 1 aliphatic rings. The van der Waals surface area contributed by atoms with Crippen LogP contribution in [0.2, 0.25) is 5.02 Å². The molecule has 1 amide bonds. The zero-order valence-electron chi connectivity index (χ0n) is 17.0. The first-order valence-electron chi connectivity index (χ1n) is 10.2. The van der Waals surface area contributed by atoms with E-state index >= 15 is 0 Å². The first-order valence-corrected chi connectivity index (χ1v) is 11.0. The van der Waals surface area contributed by atoms with Gasteiger partial charge >= 0.3 is 0 Å². The fraction of sp³-hybridized carbons (Fsp3) is 0.261. The van der Waals surface area contributed by atoms with Crippen LogP contribution in [0.1, 0.15) is 41.1 Å². The first-order chi connectivity index (χ1) is 15.1. The van der Waals surface area contributed by atoms with E-state index in [1.54, 1.807) is 35.0 Å². The lowest BCUT2D eigenvalue weighted by molar-refractivity contribution is 0.0973. The van der Waals surface area contributed by atoms with Crippen molar-refractivity contribution < 1.29 is 9.21 Å². The molecule has 0 saturated carbocycles. The zero-order chi connectivity index (χ0) is 21.6. The van der Waals surface area contributed by atoms with Gasteiger partial charge in [0.05, 0.1) is 6.67 Å². The molecule has 1 N–H and O–H groups in total. The third-order valence-corrected chi connectivity index (χ3v) is 5.63. The summed E-state index contributed by atoms with van der Waals surface area (Å²) in [7, 11) is 0. The number of carbonyl (C=O) groups excluding carboxylic acids is 1. The second-order valence-electron chi connectivity index (χ2n) is 7.42. The molecule has 3 aromatic rings. The Labute approximate surface area is 191 Å². The summed E-state index contributed by atoms with van der Waals surface area (Å²) in [6, 6.07) is 16.3. The lowest BCUT2D eigenvalue weighted by Crippen LogP contribution is -2.32. The average Bonchev–Trinajstić information content (AvgIpc) is 3.16. The van der Waals surface area contributed by atoms with Gasteiger partial charge in [0.2, 0.25) is 0 Å². The summed E-state index contributed by atoms with van der Waals surface area (Å²) in [6.07, 6.45) is 5.40. The van der Waals surface area contributed by atoms with Crippen LogP contribution in [-0.2, 0) is 6.67 Å². The smallest absolute Gasteiger partial charge is 0.288 e. The summed E-state index contributed by atoms with van der Waals surface area (Å²) >= 11 is 11.4. The van der Waals surface area contributed by atoms with Gasteiger partial charge in [-0.05, 0) is 74.1 Å². The highest BCUT2D eigenvalue weighted by atomic mass is 35.5. The van der Waals surface area contributed by atoms with E-state index < -0.39 is 0 Å². The molecule has 31 heavy (non-hydrogen) atoms. The van der Waals surface area contributed by atoms with Crippen LogP contribution in [-0.4, -0.2) is 33.7 Å². The number of hydrogen-bond donors (Lipinski definition) is 1. The molecule has 2 aromatic carbocycles. The Morgan fingerprint density at radius 3 is 2.52 bits per heavy atom. The van der Waals surface area contributed by atoms with Crippen molar-refractivity contribution in [2.45, 2.75) is 25.9 Å². The molecule has 0 bridgehead atoms. The van der Waals surface area contributed by atoms with Crippen molar-refractivity contribution in [3.8, 4) is 0 Å². The minimum Gasteiger partial charge on any atom is -0.408 e. The molecule has 2 heterocycles. The van der Waals surface area contributed by atoms with Gasteiger partial charge in [0.1, 0.15) is 5.70 Å². The van der Waals surface area contributed by atoms with Crippen LogP contribution in [0.5, 0.6) is 0 Å². The lowest BCUT2D eigenvalue weighted by atomic mass is 10.1. The van der Waals surface area contributed by atoms with Crippen molar-refractivity contribution in [1.82, 2.24) is 20.0 Å². The maximum Gasteiger partial charge on any atom is 0.288 e. The second kappa shape index (κ2) is 10.0. The number of benzene rings is 2. The molecule has 0 aliphatic carbocycles. The molecule has 4 rings (SSSR count). The Bertz CT molecular complexity index is 1120. The number of likely N-dealkylation sites (tertiary alicyclic amines) is 1. The highest BCUT2D eigenvalue weighted by molar-refractivity contribution is 7.71. The summed E-state index contributed by atoms with van der Waals surface area (Å²) in [6.45, 7) is 2.60. The molecule has 6 nitrogen and oxygen atoms in total. The van der Waals surface area contributed by atoms with E-state index in [-0.39, 0.29) is 16.6 Å². The molecule has 1 saturated heterocycles. The van der Waals surface area contributed by atoms with Gasteiger partial charge in [0.15, 0.2) is 0 Å². The number of aromatic nitrogens is 2. The predicted octanol–water partition coefficient (Wildman–Crippen LogP) is 5.23. The van der Waals surface area contributed by atoms with Crippen LogP contribution >= 0.6 is 23.8 Å². The zero-order valence-corrected chi connectivity index (χ0v) is 18.5. The topological polar surface area (TPSA) is 63.3 Å². The SMILES string of the molecule is O=C(N/C(=C\c1ccc(Cl)cc1)c1nn(CN2CCCCC2)c(=S)o1)c1ccccc1. The molecule has 0 atom stereocenters. The number of halogens is 1. The molecular formula is C23H23ClN4O2S. The molecule has 1 aromatic heterocycles. The second-order valence-corrected chi connectivity index (χ2v) is 8.21. The highest BCUT2D eigenvalue weighted by Crippen LogP contribution is 2.19. The number of carbonyl (C=O) groups is 1. The van der Waals surface area contributed by atoms with Crippen molar-refractivity contribution in [2.75, 3.05) is 13.1 Å². The predicted molar refractivity (Wildman–Crippen MR) is 124 cm³/mol. The maximum atomic E-state index is 12.8. The number of nitrogens with one attached hydrogen (secondary N) is 1. The summed E-state index contributed by atoms with van der Waals surface area (Å²) < 4.78 is 7.45. The fourth-order valence-corrected chi connectivity index (χ4v) is 3.76. The third-order valence-electron chi connectivity index (χ3n) is 5.08. The monoisotopic (exact) mass is 454 g/mol. The number of rotatable bonds is 6. The van der Waals surface area contributed by atoms with Crippen LogP contribution in [0, 0.1) is 4.84 Å². The van der Waals surface area contributed by atoms with Crippen molar-refractivity contribution in [3.05, 3.63) is 81.5 Å². The standard InChI is InChI=1S/C23H23ClN4O2S/c24-19-11-9-17(10-12-19)15-20(25-21(29)18-7-3-1-4-8-18)22-26-28(23(31)30-22)16-27-13-5-2-6-14-27/h1,3-4,7-12,15H,2,5-6,13-14,16H2,(H,25,29)/b20-15-. The van der Waals surface area contributed by atoms with Crippen molar-refractivity contribution in [2.24, 2.45) is 0 Å². The van der Waals surface area contributed by atoms with E-state index in [2.05, 4.69) is 15.3 Å². The summed E-state index contributed by atoms with van der Waals surface area (Å²) in [5.74, 6) is 0.00810. The minimum absolute atomic E-state index is 0.257. The third kappa shape index (κ3) is 5.70. The molecular weight excluding hydrogens is 432 g/mol. The van der Waals surface area contributed by atoms with E-state index in [4.69, 9.17) is 28.2 Å². The van der Waals surface area contributed by atoms with E-state index in [1.807, 2.05) is 30.3 Å². The Kier molecular flexibility index (Phi) is 6.96. The number of hydrogen-bond acceptors (Lipinski definition) is 5. The first kappa shape index (κ1) is 21.5. The van der Waals surface area contributed by atoms with Gasteiger partial charge in [-0.3, -0.25) is 9.69 Å². The average molecular weight is 455 g/mol. The van der Waals surface area contributed by atoms with E-state index in [9.17, 15) is 4.79 Å². The summed E-state index contributed by atoms with van der Waals surface area (Å²) in [4.78, 5) is 15.4.